The van der Waals surface area contributed by atoms with Crippen molar-refractivity contribution in [3.05, 3.63) is 69.6 Å². The maximum atomic E-state index is 12.5. The summed E-state index contributed by atoms with van der Waals surface area (Å²) in [5.74, 6) is -2.38. The first-order valence-corrected chi connectivity index (χ1v) is 9.17. The van der Waals surface area contributed by atoms with E-state index in [1.807, 2.05) is 0 Å². The Hall–Kier alpha value is -4.34. The van der Waals surface area contributed by atoms with Crippen LogP contribution in [0.15, 0.2) is 47.3 Å². The summed E-state index contributed by atoms with van der Waals surface area (Å²) in [6, 6.07) is 10.8. The molecule has 0 atom stereocenters. The number of rotatable bonds is 4. The number of nitrogens with zero attached hydrogens (tertiary/aromatic N) is 3. The average molecular weight is 420 g/mol. The first kappa shape index (κ1) is 20.0. The summed E-state index contributed by atoms with van der Waals surface area (Å²) < 4.78 is 6.08. The predicted molar refractivity (Wildman–Crippen MR) is 109 cm³/mol. The van der Waals surface area contributed by atoms with Gasteiger partial charge in [-0.3, -0.25) is 24.1 Å². The highest BCUT2D eigenvalue weighted by Crippen LogP contribution is 2.24. The molecule has 1 aromatic heterocycles. The molecule has 1 N–H and O–H groups in total. The summed E-state index contributed by atoms with van der Waals surface area (Å²) in [5, 5.41) is 7.09. The van der Waals surface area contributed by atoms with Crippen LogP contribution in [0.4, 0.5) is 5.69 Å². The van der Waals surface area contributed by atoms with E-state index < -0.39 is 30.3 Å². The zero-order valence-electron chi connectivity index (χ0n) is 16.5. The zero-order valence-corrected chi connectivity index (χ0v) is 16.5. The molecule has 31 heavy (non-hydrogen) atoms. The predicted octanol–water partition coefficient (Wildman–Crippen LogP) is 0.955. The van der Waals surface area contributed by atoms with E-state index in [4.69, 9.17) is 4.74 Å². The molecule has 3 amide bonds. The molecule has 0 radical (unpaired) electrons. The Morgan fingerprint density at radius 2 is 1.65 bits per heavy atom. The SMILES string of the molecule is CN1C(=O)c2ccc(NC(=O)COC(=O)c3nn(C)c(=O)c4ccccc34)cc2C1=O. The van der Waals surface area contributed by atoms with Gasteiger partial charge in [0, 0.05) is 25.2 Å². The Morgan fingerprint density at radius 3 is 2.39 bits per heavy atom. The van der Waals surface area contributed by atoms with E-state index >= 15 is 0 Å². The monoisotopic (exact) mass is 420 g/mol. The van der Waals surface area contributed by atoms with Crippen molar-refractivity contribution in [1.82, 2.24) is 14.7 Å². The van der Waals surface area contributed by atoms with Crippen LogP contribution < -0.4 is 10.9 Å². The number of carbonyl (C=O) groups excluding carboxylic acids is 4. The van der Waals surface area contributed by atoms with Crippen molar-refractivity contribution in [2.75, 3.05) is 19.0 Å². The Kier molecular flexibility index (Phi) is 4.82. The van der Waals surface area contributed by atoms with E-state index in [-0.39, 0.29) is 28.1 Å². The molecule has 3 aromatic rings. The van der Waals surface area contributed by atoms with Crippen molar-refractivity contribution < 1.29 is 23.9 Å². The lowest BCUT2D eigenvalue weighted by atomic mass is 10.1. The molecule has 0 unspecified atom stereocenters. The Labute approximate surface area is 175 Å². The van der Waals surface area contributed by atoms with Crippen molar-refractivity contribution in [2.45, 2.75) is 0 Å². The molecule has 0 bridgehead atoms. The highest BCUT2D eigenvalue weighted by molar-refractivity contribution is 6.21. The first-order chi connectivity index (χ1) is 14.8. The molecule has 0 saturated carbocycles. The first-order valence-electron chi connectivity index (χ1n) is 9.17. The second-order valence-electron chi connectivity index (χ2n) is 6.88. The van der Waals surface area contributed by atoms with Crippen molar-refractivity contribution in [2.24, 2.45) is 7.05 Å². The van der Waals surface area contributed by atoms with Crippen LogP contribution in [0.25, 0.3) is 10.8 Å². The van der Waals surface area contributed by atoms with Gasteiger partial charge in [0.2, 0.25) is 0 Å². The minimum atomic E-state index is -0.863. The number of fused-ring (bicyclic) bond motifs is 2. The third-order valence-corrected chi connectivity index (χ3v) is 4.86. The maximum absolute atomic E-state index is 12.5. The number of hydrogen-bond donors (Lipinski definition) is 1. The Bertz CT molecular complexity index is 1340. The highest BCUT2D eigenvalue weighted by Gasteiger charge is 2.32. The van der Waals surface area contributed by atoms with Crippen LogP contribution in [-0.4, -0.2) is 52.0 Å². The number of anilines is 1. The quantitative estimate of drug-likeness (QED) is 0.492. The van der Waals surface area contributed by atoms with Crippen LogP contribution in [0, 0.1) is 0 Å². The molecule has 10 nitrogen and oxygen atoms in total. The summed E-state index contributed by atoms with van der Waals surface area (Å²) in [6.07, 6.45) is 0. The number of nitrogens with one attached hydrogen (secondary N) is 1. The summed E-state index contributed by atoms with van der Waals surface area (Å²) >= 11 is 0. The third-order valence-electron chi connectivity index (χ3n) is 4.86. The van der Waals surface area contributed by atoms with Crippen molar-refractivity contribution in [3.63, 3.8) is 0 Å². The molecular formula is C21H16N4O6. The van der Waals surface area contributed by atoms with Crippen LogP contribution in [0.3, 0.4) is 0 Å². The summed E-state index contributed by atoms with van der Waals surface area (Å²) in [4.78, 5) is 61.8. The molecule has 4 rings (SSSR count). The summed E-state index contributed by atoms with van der Waals surface area (Å²) in [5.41, 5.74) is 0.269. The minimum absolute atomic E-state index is 0.0878. The molecule has 0 spiro atoms. The fraction of sp³-hybridized carbons (Fsp3) is 0.143. The van der Waals surface area contributed by atoms with Gasteiger partial charge in [0.25, 0.3) is 23.3 Å². The van der Waals surface area contributed by atoms with E-state index in [0.29, 0.717) is 10.8 Å². The van der Waals surface area contributed by atoms with Gasteiger partial charge in [0.15, 0.2) is 12.3 Å². The molecule has 0 aliphatic carbocycles. The molecule has 0 fully saturated rings. The van der Waals surface area contributed by atoms with Crippen molar-refractivity contribution in [1.29, 1.82) is 0 Å². The third kappa shape index (κ3) is 3.44. The second kappa shape index (κ2) is 7.48. The van der Waals surface area contributed by atoms with Crippen molar-refractivity contribution in [3.8, 4) is 0 Å². The van der Waals surface area contributed by atoms with Crippen LogP contribution in [0.2, 0.25) is 0 Å². The van der Waals surface area contributed by atoms with Gasteiger partial charge in [-0.15, -0.1) is 0 Å². The van der Waals surface area contributed by atoms with Gasteiger partial charge in [-0.05, 0) is 24.3 Å². The second-order valence-corrected chi connectivity index (χ2v) is 6.88. The lowest BCUT2D eigenvalue weighted by Gasteiger charge is -2.09. The lowest BCUT2D eigenvalue weighted by Crippen LogP contribution is -2.26. The van der Waals surface area contributed by atoms with Gasteiger partial charge in [-0.25, -0.2) is 9.48 Å². The number of esters is 1. The van der Waals surface area contributed by atoms with Gasteiger partial charge < -0.3 is 10.1 Å². The number of amides is 3. The number of imide groups is 1. The van der Waals surface area contributed by atoms with E-state index in [1.165, 1.54) is 32.3 Å². The number of carbonyl (C=O) groups is 4. The molecule has 156 valence electrons. The summed E-state index contributed by atoms with van der Waals surface area (Å²) in [7, 11) is 2.79. The largest absolute Gasteiger partial charge is 0.451 e. The van der Waals surface area contributed by atoms with Crippen molar-refractivity contribution >= 4 is 40.2 Å². The smallest absolute Gasteiger partial charge is 0.359 e. The number of benzene rings is 2. The van der Waals surface area contributed by atoms with E-state index in [1.54, 1.807) is 24.3 Å². The minimum Gasteiger partial charge on any atom is -0.451 e. The average Bonchev–Trinajstić information content (AvgIpc) is 2.98. The van der Waals surface area contributed by atoms with Gasteiger partial charge in [0.1, 0.15) is 0 Å². The van der Waals surface area contributed by atoms with Crippen LogP contribution >= 0.6 is 0 Å². The van der Waals surface area contributed by atoms with Crippen LogP contribution in [0.5, 0.6) is 0 Å². The van der Waals surface area contributed by atoms with Crippen LogP contribution in [-0.2, 0) is 16.6 Å². The normalized spacial score (nSPS) is 12.8. The number of ether oxygens (including phenoxy) is 1. The Morgan fingerprint density at radius 1 is 0.968 bits per heavy atom. The fourth-order valence-corrected chi connectivity index (χ4v) is 3.29. The molecule has 1 aliphatic heterocycles. The number of aromatic nitrogens is 2. The van der Waals surface area contributed by atoms with Crippen LogP contribution in [0.1, 0.15) is 31.2 Å². The van der Waals surface area contributed by atoms with Gasteiger partial charge in [0.05, 0.1) is 16.5 Å². The van der Waals surface area contributed by atoms with Gasteiger partial charge in [-0.2, -0.15) is 5.10 Å². The summed E-state index contributed by atoms with van der Waals surface area (Å²) in [6.45, 7) is -0.610. The number of hydrogen-bond acceptors (Lipinski definition) is 7. The standard InChI is InChI=1S/C21H16N4O6/c1-24-18(27)14-8-7-11(9-15(14)19(24)28)22-16(26)10-31-21(30)17-12-5-3-4-6-13(12)20(29)25(2)23-17/h3-9H,10H2,1-2H3,(H,22,26). The Balaban J connectivity index is 1.47. The molecule has 2 aromatic carbocycles. The molecule has 2 heterocycles. The molecule has 0 saturated heterocycles. The molecule has 10 heteroatoms. The zero-order chi connectivity index (χ0) is 22.3. The van der Waals surface area contributed by atoms with E-state index in [9.17, 15) is 24.0 Å². The topological polar surface area (TPSA) is 128 Å². The van der Waals surface area contributed by atoms with E-state index in [2.05, 4.69) is 10.4 Å². The highest BCUT2D eigenvalue weighted by atomic mass is 16.5. The van der Waals surface area contributed by atoms with Gasteiger partial charge in [-0.1, -0.05) is 18.2 Å². The molecular weight excluding hydrogens is 404 g/mol. The molecule has 1 aliphatic rings. The van der Waals surface area contributed by atoms with E-state index in [0.717, 1.165) is 9.58 Å². The number of aryl methyl sites for hydroxylation is 1. The maximum Gasteiger partial charge on any atom is 0.359 e. The van der Waals surface area contributed by atoms with Gasteiger partial charge >= 0.3 is 5.97 Å². The lowest BCUT2D eigenvalue weighted by molar-refractivity contribution is -0.119. The fourth-order valence-electron chi connectivity index (χ4n) is 3.29.